The quantitative estimate of drug-likeness (QED) is 0.131. The number of aliphatic hydroxyl groups is 1. The molecule has 0 radical (unpaired) electrons. The maximum Gasteiger partial charge on any atom is 0.182 e. The first-order valence-corrected chi connectivity index (χ1v) is 12.9. The molecule has 0 aliphatic carbocycles. The molecule has 1 N–H and O–H groups in total. The van der Waals surface area contributed by atoms with Crippen molar-refractivity contribution in [3.8, 4) is 0 Å². The molecule has 0 amide bonds. The summed E-state index contributed by atoms with van der Waals surface area (Å²) in [6, 6.07) is 0. The van der Waals surface area contributed by atoms with Crippen LogP contribution in [0.2, 0.25) is 0 Å². The van der Waals surface area contributed by atoms with Crippen LogP contribution in [-0.4, -0.2) is 48.2 Å². The monoisotopic (exact) mass is 407 g/mol. The predicted octanol–water partition coefficient (Wildman–Crippen LogP) is 7.04. The van der Waals surface area contributed by atoms with Crippen LogP contribution in [-0.2, 0) is 0 Å². The number of hydrogen-bond acceptors (Lipinski definition) is 2. The number of aliphatic imine (C=N–C) groups is 1. The summed E-state index contributed by atoms with van der Waals surface area (Å²) in [6.07, 6.45) is 29.0. The Hall–Kier alpha value is -0.670. The van der Waals surface area contributed by atoms with Crippen LogP contribution in [0, 0.1) is 0 Å². The fourth-order valence-electron chi connectivity index (χ4n) is 4.63. The van der Waals surface area contributed by atoms with Gasteiger partial charge in [-0.2, -0.15) is 0 Å². The number of rotatable bonds is 20. The molecular weight excluding hydrogens is 356 g/mol. The van der Waals surface area contributed by atoms with Gasteiger partial charge >= 0.3 is 0 Å². The third-order valence-electron chi connectivity index (χ3n) is 6.75. The van der Waals surface area contributed by atoms with Crippen molar-refractivity contribution in [1.82, 2.24) is 0 Å². The Morgan fingerprint density at radius 1 is 0.828 bits per heavy atom. The minimum atomic E-state index is 0.277. The Morgan fingerprint density at radius 2 is 1.38 bits per heavy atom. The van der Waals surface area contributed by atoms with Crippen LogP contribution in [0.3, 0.4) is 0 Å². The summed E-state index contributed by atoms with van der Waals surface area (Å²) in [5, 5.41) is 9.38. The smallest absolute Gasteiger partial charge is 0.182 e. The molecule has 0 spiro atoms. The second-order valence-corrected chi connectivity index (χ2v) is 9.06. The maximum atomic E-state index is 9.38. The molecule has 0 aromatic rings. The van der Waals surface area contributed by atoms with E-state index in [-0.39, 0.29) is 6.61 Å². The molecule has 2 unspecified atom stereocenters. The average molecular weight is 408 g/mol. The lowest BCUT2D eigenvalue weighted by molar-refractivity contribution is -0.936. The van der Waals surface area contributed by atoms with E-state index in [0.717, 1.165) is 24.1 Å². The van der Waals surface area contributed by atoms with Crippen molar-refractivity contribution < 1.29 is 9.59 Å². The van der Waals surface area contributed by atoms with E-state index in [1.54, 1.807) is 0 Å². The van der Waals surface area contributed by atoms with Gasteiger partial charge in [0.2, 0.25) is 0 Å². The van der Waals surface area contributed by atoms with Gasteiger partial charge in [-0.25, -0.2) is 4.99 Å². The number of allylic oxidation sites excluding steroid dienone is 2. The van der Waals surface area contributed by atoms with E-state index in [2.05, 4.69) is 32.2 Å². The summed E-state index contributed by atoms with van der Waals surface area (Å²) in [7, 11) is 0. The van der Waals surface area contributed by atoms with Crippen LogP contribution >= 0.6 is 0 Å². The number of nitrogens with zero attached hydrogens (tertiary/aromatic N) is 2. The lowest BCUT2D eigenvalue weighted by Crippen LogP contribution is -2.53. The Labute approximate surface area is 182 Å². The van der Waals surface area contributed by atoms with Crippen molar-refractivity contribution in [3.63, 3.8) is 0 Å². The molecule has 0 aromatic heterocycles. The summed E-state index contributed by atoms with van der Waals surface area (Å²) < 4.78 is 0.970. The number of quaternary nitrogens is 1. The topological polar surface area (TPSA) is 32.6 Å². The highest BCUT2D eigenvalue weighted by Crippen LogP contribution is 2.24. The first-order valence-electron chi connectivity index (χ1n) is 12.9. The van der Waals surface area contributed by atoms with Crippen molar-refractivity contribution >= 4 is 6.21 Å². The highest BCUT2D eigenvalue weighted by atomic mass is 16.3. The van der Waals surface area contributed by atoms with E-state index in [0.29, 0.717) is 6.17 Å². The normalized spacial score (nSPS) is 21.6. The van der Waals surface area contributed by atoms with Gasteiger partial charge < -0.3 is 5.11 Å². The molecule has 1 aliphatic rings. The van der Waals surface area contributed by atoms with Crippen molar-refractivity contribution in [2.75, 3.05) is 26.2 Å². The molecule has 170 valence electrons. The molecule has 1 heterocycles. The summed E-state index contributed by atoms with van der Waals surface area (Å²) >= 11 is 0. The maximum absolute atomic E-state index is 9.38. The van der Waals surface area contributed by atoms with Gasteiger partial charge in [0.1, 0.15) is 13.1 Å². The first kappa shape index (κ1) is 26.4. The highest BCUT2D eigenvalue weighted by Gasteiger charge is 2.36. The van der Waals surface area contributed by atoms with Crippen molar-refractivity contribution in [2.45, 2.75) is 123 Å². The second kappa shape index (κ2) is 18.1. The molecular formula is C26H51N2O+. The SMILES string of the molecule is CCCCCCCCCCC/C=C/CCCCCCC1N=CC[N+]1(CC)CCO. The second-order valence-electron chi connectivity index (χ2n) is 9.06. The minimum Gasteiger partial charge on any atom is -0.391 e. The average Bonchev–Trinajstić information content (AvgIpc) is 3.13. The Kier molecular flexibility index (Phi) is 16.5. The van der Waals surface area contributed by atoms with Gasteiger partial charge in [0.05, 0.1) is 19.4 Å². The molecule has 29 heavy (non-hydrogen) atoms. The molecule has 0 saturated heterocycles. The van der Waals surface area contributed by atoms with E-state index in [1.807, 2.05) is 0 Å². The molecule has 3 heteroatoms. The fraction of sp³-hybridized carbons (Fsp3) is 0.885. The largest absolute Gasteiger partial charge is 0.391 e. The van der Waals surface area contributed by atoms with Crippen molar-refractivity contribution in [1.29, 1.82) is 0 Å². The molecule has 0 fully saturated rings. The van der Waals surface area contributed by atoms with Crippen molar-refractivity contribution in [3.05, 3.63) is 12.2 Å². The van der Waals surface area contributed by atoms with Crippen LogP contribution in [0.1, 0.15) is 117 Å². The number of hydrogen-bond donors (Lipinski definition) is 1. The van der Waals surface area contributed by atoms with Crippen molar-refractivity contribution in [2.24, 2.45) is 4.99 Å². The Balaban J connectivity index is 1.89. The third kappa shape index (κ3) is 11.9. The minimum absolute atomic E-state index is 0.277. The van der Waals surface area contributed by atoms with E-state index in [4.69, 9.17) is 4.99 Å². The zero-order valence-electron chi connectivity index (χ0n) is 19.8. The molecule has 3 nitrogen and oxygen atoms in total. The molecule has 2 atom stereocenters. The van der Waals surface area contributed by atoms with Crippen LogP contribution in [0.5, 0.6) is 0 Å². The number of likely N-dealkylation sites (N-methyl/N-ethyl adjacent to an activating group) is 1. The van der Waals surface area contributed by atoms with Crippen LogP contribution in [0.15, 0.2) is 17.1 Å². The standard InChI is InChI=1S/C26H51N2O/c1-3-5-6-7-8-9-10-11-12-13-14-15-16-17-18-19-20-21-26-27-22-23-28(26,4-2)24-25-29/h14-15,22,26,29H,3-13,16-21,23-25H2,1-2H3/q+1/b15-14+. The van der Waals surface area contributed by atoms with E-state index < -0.39 is 0 Å². The van der Waals surface area contributed by atoms with Crippen LogP contribution in [0.25, 0.3) is 0 Å². The van der Waals surface area contributed by atoms with Crippen LogP contribution in [0.4, 0.5) is 0 Å². The number of aliphatic hydroxyl groups excluding tert-OH is 1. The summed E-state index contributed by atoms with van der Waals surface area (Å²) in [6.45, 7) is 7.74. The Bertz CT molecular complexity index is 421. The summed E-state index contributed by atoms with van der Waals surface area (Å²) in [5.41, 5.74) is 0. The number of unbranched alkanes of at least 4 members (excludes halogenated alkanes) is 13. The molecule has 0 aromatic carbocycles. The lowest BCUT2D eigenvalue weighted by Gasteiger charge is -2.37. The van der Waals surface area contributed by atoms with Gasteiger partial charge in [0.25, 0.3) is 0 Å². The van der Waals surface area contributed by atoms with E-state index in [1.165, 1.54) is 103 Å². The summed E-state index contributed by atoms with van der Waals surface area (Å²) in [4.78, 5) is 4.71. The van der Waals surface area contributed by atoms with E-state index in [9.17, 15) is 5.11 Å². The van der Waals surface area contributed by atoms with Gasteiger partial charge in [-0.3, -0.25) is 4.48 Å². The molecule has 1 rings (SSSR count). The molecule has 1 aliphatic heterocycles. The summed E-state index contributed by atoms with van der Waals surface area (Å²) in [5.74, 6) is 0. The third-order valence-corrected chi connectivity index (χ3v) is 6.75. The molecule has 0 bridgehead atoms. The van der Waals surface area contributed by atoms with Gasteiger partial charge in [-0.05, 0) is 39.0 Å². The van der Waals surface area contributed by atoms with Gasteiger partial charge in [0, 0.05) is 6.42 Å². The van der Waals surface area contributed by atoms with Gasteiger partial charge in [0.15, 0.2) is 6.17 Å². The highest BCUT2D eigenvalue weighted by molar-refractivity contribution is 5.60. The van der Waals surface area contributed by atoms with E-state index >= 15 is 0 Å². The van der Waals surface area contributed by atoms with Gasteiger partial charge in [-0.15, -0.1) is 0 Å². The van der Waals surface area contributed by atoms with Crippen LogP contribution < -0.4 is 0 Å². The molecule has 0 saturated carbocycles. The first-order chi connectivity index (χ1) is 14.3. The zero-order chi connectivity index (χ0) is 21.0. The fourth-order valence-corrected chi connectivity index (χ4v) is 4.63. The van der Waals surface area contributed by atoms with Gasteiger partial charge in [-0.1, -0.05) is 83.3 Å². The Morgan fingerprint density at radius 3 is 1.93 bits per heavy atom. The predicted molar refractivity (Wildman–Crippen MR) is 129 cm³/mol. The lowest BCUT2D eigenvalue weighted by atomic mass is 10.1. The zero-order valence-corrected chi connectivity index (χ0v) is 19.8.